The van der Waals surface area contributed by atoms with Crippen molar-refractivity contribution in [3.8, 4) is 12.1 Å². The van der Waals surface area contributed by atoms with E-state index in [0.29, 0.717) is 12.8 Å². The number of nitriles is 2. The predicted molar refractivity (Wildman–Crippen MR) is 142 cm³/mol. The molecule has 0 spiro atoms. The van der Waals surface area contributed by atoms with Crippen LogP contribution in [0.4, 0.5) is 0 Å². The minimum atomic E-state index is 0.572. The van der Waals surface area contributed by atoms with Gasteiger partial charge in [-0.2, -0.15) is 10.5 Å². The van der Waals surface area contributed by atoms with Gasteiger partial charge in [0.1, 0.15) is 0 Å². The van der Waals surface area contributed by atoms with Crippen LogP contribution in [0.3, 0.4) is 0 Å². The summed E-state index contributed by atoms with van der Waals surface area (Å²) in [5.74, 6) is 4.01. The zero-order valence-corrected chi connectivity index (χ0v) is 22.3. The zero-order chi connectivity index (χ0) is 20.2. The van der Waals surface area contributed by atoms with Crippen molar-refractivity contribution in [2.45, 2.75) is 39.5 Å². The monoisotopic (exact) mass is 522 g/mol. The second-order valence-electron chi connectivity index (χ2n) is 5.34. The van der Waals surface area contributed by atoms with E-state index in [1.165, 1.54) is 49.8 Å². The molecule has 0 aromatic rings. The third-order valence-corrected chi connectivity index (χ3v) is 15.0. The first kappa shape index (κ1) is 25.3. The van der Waals surface area contributed by atoms with Crippen LogP contribution in [-0.4, -0.2) is 23.0 Å². The largest absolute Gasteiger partial charge is 0.198 e. The van der Waals surface area contributed by atoms with Crippen molar-refractivity contribution < 1.29 is 0 Å². The van der Waals surface area contributed by atoms with E-state index >= 15 is 0 Å². The SMILES string of the molecule is CCCSC1=C(SCCC)SC(=C2SC(SCCC#N)=C(SCCC#N)S2)S1. The van der Waals surface area contributed by atoms with Crippen molar-refractivity contribution in [3.63, 3.8) is 0 Å². The van der Waals surface area contributed by atoms with Gasteiger partial charge in [0, 0.05) is 24.3 Å². The summed E-state index contributed by atoms with van der Waals surface area (Å²) >= 11 is 15.2. The van der Waals surface area contributed by atoms with Gasteiger partial charge in [-0.15, -0.1) is 47.0 Å². The van der Waals surface area contributed by atoms with Crippen molar-refractivity contribution in [3.05, 3.63) is 25.4 Å². The molecule has 2 heterocycles. The van der Waals surface area contributed by atoms with Crippen molar-refractivity contribution in [2.75, 3.05) is 23.0 Å². The summed E-state index contributed by atoms with van der Waals surface area (Å²) in [6.45, 7) is 4.47. The minimum absolute atomic E-state index is 0.572. The first-order valence-electron chi connectivity index (χ1n) is 8.92. The van der Waals surface area contributed by atoms with Crippen molar-refractivity contribution >= 4 is 94.1 Å². The molecular formula is C18H22N2S8. The first-order chi connectivity index (χ1) is 13.7. The Morgan fingerprint density at radius 2 is 0.929 bits per heavy atom. The van der Waals surface area contributed by atoms with Crippen LogP contribution in [0.2, 0.25) is 0 Å². The Morgan fingerprint density at radius 1 is 0.607 bits per heavy atom. The van der Waals surface area contributed by atoms with Crippen molar-refractivity contribution in [2.24, 2.45) is 0 Å². The molecule has 0 N–H and O–H groups in total. The zero-order valence-electron chi connectivity index (χ0n) is 15.8. The summed E-state index contributed by atoms with van der Waals surface area (Å²) in [5.41, 5.74) is 0. The lowest BCUT2D eigenvalue weighted by Crippen LogP contribution is -1.79. The number of hydrogen-bond donors (Lipinski definition) is 0. The lowest BCUT2D eigenvalue weighted by molar-refractivity contribution is 1.11. The molecule has 0 unspecified atom stereocenters. The maximum Gasteiger partial charge on any atom is 0.0717 e. The van der Waals surface area contributed by atoms with Gasteiger partial charge in [-0.25, -0.2) is 0 Å². The van der Waals surface area contributed by atoms with E-state index in [-0.39, 0.29) is 0 Å². The van der Waals surface area contributed by atoms with Crippen LogP contribution in [0.15, 0.2) is 25.4 Å². The van der Waals surface area contributed by atoms with Crippen molar-refractivity contribution in [1.82, 2.24) is 0 Å². The van der Waals surface area contributed by atoms with Gasteiger partial charge in [0.05, 0.1) is 37.6 Å². The molecule has 0 amide bonds. The molecule has 2 nitrogen and oxygen atoms in total. The quantitative estimate of drug-likeness (QED) is 0.232. The fourth-order valence-corrected chi connectivity index (χ4v) is 13.5. The number of thioether (sulfide) groups is 8. The molecule has 0 bridgehead atoms. The van der Waals surface area contributed by atoms with Crippen LogP contribution in [-0.2, 0) is 0 Å². The summed E-state index contributed by atoms with van der Waals surface area (Å²) in [4.78, 5) is 0. The summed E-state index contributed by atoms with van der Waals surface area (Å²) in [6.07, 6.45) is 3.53. The summed E-state index contributed by atoms with van der Waals surface area (Å²) in [7, 11) is 0. The van der Waals surface area contributed by atoms with E-state index in [2.05, 4.69) is 26.0 Å². The van der Waals surface area contributed by atoms with Gasteiger partial charge < -0.3 is 0 Å². The molecule has 0 atom stereocenters. The highest BCUT2D eigenvalue weighted by Gasteiger charge is 2.30. The van der Waals surface area contributed by atoms with Crippen LogP contribution in [0.1, 0.15) is 39.5 Å². The second kappa shape index (κ2) is 14.9. The lowest BCUT2D eigenvalue weighted by Gasteiger charge is -2.02. The summed E-state index contributed by atoms with van der Waals surface area (Å²) < 4.78 is 8.34. The Labute approximate surface area is 203 Å². The van der Waals surface area contributed by atoms with Crippen LogP contribution in [0.25, 0.3) is 0 Å². The standard InChI is InChI=1S/C18H22N2S8/c1-3-9-21-13-14(22-10-4-2)26-17(25-13)18-27-15(23-11-5-7-19)16(28-18)24-12-6-8-20/h3-6,9-12H2,1-2H3. The van der Waals surface area contributed by atoms with E-state index in [4.69, 9.17) is 10.5 Å². The van der Waals surface area contributed by atoms with E-state index in [0.717, 1.165) is 11.5 Å². The predicted octanol–water partition coefficient (Wildman–Crippen LogP) is 8.91. The molecule has 28 heavy (non-hydrogen) atoms. The molecule has 0 radical (unpaired) electrons. The molecule has 0 aliphatic carbocycles. The molecule has 0 aromatic carbocycles. The minimum Gasteiger partial charge on any atom is -0.198 e. The molecule has 2 aliphatic heterocycles. The summed E-state index contributed by atoms with van der Waals surface area (Å²) in [6, 6.07) is 4.47. The topological polar surface area (TPSA) is 47.6 Å². The first-order valence-corrected chi connectivity index (χ1v) is 16.1. The van der Waals surface area contributed by atoms with Gasteiger partial charge in [-0.3, -0.25) is 0 Å². The molecule has 2 aliphatic rings. The average molecular weight is 523 g/mol. The highest BCUT2D eigenvalue weighted by Crippen LogP contribution is 2.66. The van der Waals surface area contributed by atoms with Crippen LogP contribution >= 0.6 is 94.1 Å². The maximum atomic E-state index is 8.85. The third kappa shape index (κ3) is 8.26. The number of nitrogens with zero attached hydrogens (tertiary/aromatic N) is 2. The fraction of sp³-hybridized carbons (Fsp3) is 0.556. The van der Waals surface area contributed by atoms with Gasteiger partial charge in [0.15, 0.2) is 0 Å². The van der Waals surface area contributed by atoms with Gasteiger partial charge in [0.2, 0.25) is 0 Å². The fourth-order valence-electron chi connectivity index (χ4n) is 1.83. The average Bonchev–Trinajstić information content (AvgIpc) is 3.29. The third-order valence-electron chi connectivity index (χ3n) is 3.01. The molecule has 152 valence electrons. The van der Waals surface area contributed by atoms with Gasteiger partial charge in [0.25, 0.3) is 0 Å². The van der Waals surface area contributed by atoms with Crippen LogP contribution in [0.5, 0.6) is 0 Å². The highest BCUT2D eigenvalue weighted by atomic mass is 32.3. The van der Waals surface area contributed by atoms with E-state index in [1.807, 2.05) is 70.6 Å². The Morgan fingerprint density at radius 3 is 1.21 bits per heavy atom. The molecule has 0 saturated carbocycles. The van der Waals surface area contributed by atoms with Crippen LogP contribution in [0, 0.1) is 22.7 Å². The number of rotatable bonds is 12. The Kier molecular flexibility index (Phi) is 13.5. The Hall–Kier alpha value is 1.000. The number of hydrogen-bond acceptors (Lipinski definition) is 10. The van der Waals surface area contributed by atoms with Gasteiger partial charge >= 0.3 is 0 Å². The van der Waals surface area contributed by atoms with Crippen molar-refractivity contribution in [1.29, 1.82) is 10.5 Å². The van der Waals surface area contributed by atoms with Gasteiger partial charge in [-0.05, 0) is 24.3 Å². The molecule has 0 saturated heterocycles. The summed E-state index contributed by atoms with van der Waals surface area (Å²) in [5, 5.41) is 17.7. The van der Waals surface area contributed by atoms with Crippen LogP contribution < -0.4 is 0 Å². The van der Waals surface area contributed by atoms with Gasteiger partial charge in [-0.1, -0.05) is 60.9 Å². The Balaban J connectivity index is 2.08. The molecule has 0 aromatic heterocycles. The lowest BCUT2D eigenvalue weighted by atomic mass is 10.6. The normalized spacial score (nSPS) is 16.9. The van der Waals surface area contributed by atoms with E-state index < -0.39 is 0 Å². The molecular weight excluding hydrogens is 501 g/mol. The van der Waals surface area contributed by atoms with E-state index in [1.54, 1.807) is 23.5 Å². The molecule has 10 heteroatoms. The molecule has 0 fully saturated rings. The second-order valence-corrected chi connectivity index (χ2v) is 15.4. The molecule has 2 rings (SSSR count). The van der Waals surface area contributed by atoms with E-state index in [9.17, 15) is 0 Å². The Bertz CT molecular complexity index is 658. The highest BCUT2D eigenvalue weighted by molar-refractivity contribution is 8.45. The maximum absolute atomic E-state index is 8.85. The smallest absolute Gasteiger partial charge is 0.0717 e.